The van der Waals surface area contributed by atoms with Crippen molar-refractivity contribution in [1.29, 1.82) is 0 Å². The third-order valence-electron chi connectivity index (χ3n) is 2.60. The van der Waals surface area contributed by atoms with Gasteiger partial charge in [0.1, 0.15) is 0 Å². The molecule has 1 saturated carbocycles. The van der Waals surface area contributed by atoms with Crippen LogP contribution in [0.5, 0.6) is 0 Å². The fraction of sp³-hybridized carbons (Fsp3) is 0.778. The molecule has 0 aromatic carbocycles. The molecule has 1 heterocycles. The molecular weight excluding hydrogens is 196 g/mol. The molecule has 0 amide bonds. The standard InChI is InChI=1S/C9H16N4O2/c10-3-8-9(6-1-2-6)13(12-11-8)4-7(15)5-14/h6-7,14-15H,1-5,10H2. The van der Waals surface area contributed by atoms with Crippen molar-refractivity contribution < 1.29 is 10.2 Å². The smallest absolute Gasteiger partial charge is 0.0997 e. The van der Waals surface area contributed by atoms with Crippen molar-refractivity contribution in [2.75, 3.05) is 6.61 Å². The molecule has 4 N–H and O–H groups in total. The SMILES string of the molecule is NCc1nnn(CC(O)CO)c1C1CC1. The molecule has 84 valence electrons. The average molecular weight is 212 g/mol. The average Bonchev–Trinajstić information content (AvgIpc) is 3.00. The van der Waals surface area contributed by atoms with E-state index >= 15 is 0 Å². The summed E-state index contributed by atoms with van der Waals surface area (Å²) < 4.78 is 1.67. The van der Waals surface area contributed by atoms with Crippen LogP contribution in [0.2, 0.25) is 0 Å². The van der Waals surface area contributed by atoms with Crippen molar-refractivity contribution in [3.63, 3.8) is 0 Å². The zero-order valence-electron chi connectivity index (χ0n) is 8.50. The van der Waals surface area contributed by atoms with Crippen LogP contribution < -0.4 is 5.73 Å². The van der Waals surface area contributed by atoms with Gasteiger partial charge in [0.15, 0.2) is 0 Å². The van der Waals surface area contributed by atoms with Crippen molar-refractivity contribution in [3.05, 3.63) is 11.4 Å². The third kappa shape index (κ3) is 2.17. The molecule has 2 rings (SSSR count). The minimum atomic E-state index is -0.783. The van der Waals surface area contributed by atoms with Gasteiger partial charge in [-0.25, -0.2) is 4.68 Å². The molecule has 0 radical (unpaired) electrons. The number of nitrogens with two attached hydrogens (primary N) is 1. The maximum absolute atomic E-state index is 9.35. The lowest BCUT2D eigenvalue weighted by molar-refractivity contribution is 0.0770. The number of rotatable bonds is 5. The predicted molar refractivity (Wildman–Crippen MR) is 53.0 cm³/mol. The number of aliphatic hydroxyl groups excluding tert-OH is 2. The van der Waals surface area contributed by atoms with Gasteiger partial charge in [-0.05, 0) is 12.8 Å². The first kappa shape index (κ1) is 10.5. The van der Waals surface area contributed by atoms with E-state index in [0.717, 1.165) is 24.2 Å². The third-order valence-corrected chi connectivity index (χ3v) is 2.60. The Bertz CT molecular complexity index is 335. The lowest BCUT2D eigenvalue weighted by atomic mass is 10.2. The molecule has 0 bridgehead atoms. The molecular formula is C9H16N4O2. The van der Waals surface area contributed by atoms with Crippen LogP contribution in [0.1, 0.15) is 30.1 Å². The highest BCUT2D eigenvalue weighted by atomic mass is 16.3. The maximum Gasteiger partial charge on any atom is 0.0997 e. The van der Waals surface area contributed by atoms with E-state index in [1.165, 1.54) is 0 Å². The Morgan fingerprint density at radius 3 is 2.80 bits per heavy atom. The summed E-state index contributed by atoms with van der Waals surface area (Å²) in [4.78, 5) is 0. The summed E-state index contributed by atoms with van der Waals surface area (Å²) in [5.41, 5.74) is 7.41. The monoisotopic (exact) mass is 212 g/mol. The molecule has 1 aromatic rings. The van der Waals surface area contributed by atoms with E-state index < -0.39 is 6.10 Å². The van der Waals surface area contributed by atoms with E-state index in [9.17, 15) is 5.11 Å². The van der Waals surface area contributed by atoms with Gasteiger partial charge in [0.25, 0.3) is 0 Å². The van der Waals surface area contributed by atoms with Gasteiger partial charge in [0, 0.05) is 12.5 Å². The summed E-state index contributed by atoms with van der Waals surface area (Å²) in [6.45, 7) is 0.401. The van der Waals surface area contributed by atoms with Crippen molar-refractivity contribution in [2.24, 2.45) is 5.73 Å². The molecule has 1 atom stereocenters. The summed E-state index contributed by atoms with van der Waals surface area (Å²) in [5, 5.41) is 26.0. The Balaban J connectivity index is 2.18. The van der Waals surface area contributed by atoms with Crippen LogP contribution in [-0.2, 0) is 13.1 Å². The van der Waals surface area contributed by atoms with Gasteiger partial charge in [-0.1, -0.05) is 5.21 Å². The minimum absolute atomic E-state index is 0.262. The molecule has 0 aliphatic heterocycles. The number of aromatic nitrogens is 3. The topological polar surface area (TPSA) is 97.2 Å². The summed E-state index contributed by atoms with van der Waals surface area (Å²) in [6, 6.07) is 0. The molecule has 1 unspecified atom stereocenters. The van der Waals surface area contributed by atoms with Crippen molar-refractivity contribution in [3.8, 4) is 0 Å². The van der Waals surface area contributed by atoms with Gasteiger partial charge in [0.2, 0.25) is 0 Å². The minimum Gasteiger partial charge on any atom is -0.394 e. The van der Waals surface area contributed by atoms with Gasteiger partial charge in [-0.15, -0.1) is 5.10 Å². The normalized spacial score (nSPS) is 18.1. The fourth-order valence-electron chi connectivity index (χ4n) is 1.70. The predicted octanol–water partition coefficient (Wildman–Crippen LogP) is -1.03. The highest BCUT2D eigenvalue weighted by Gasteiger charge is 2.31. The first-order valence-corrected chi connectivity index (χ1v) is 5.17. The number of hydrogen-bond acceptors (Lipinski definition) is 5. The van der Waals surface area contributed by atoms with Crippen LogP contribution in [0.3, 0.4) is 0 Å². The van der Waals surface area contributed by atoms with Gasteiger partial charge < -0.3 is 15.9 Å². The van der Waals surface area contributed by atoms with Crippen LogP contribution in [-0.4, -0.2) is 37.9 Å². The van der Waals surface area contributed by atoms with Crippen molar-refractivity contribution in [1.82, 2.24) is 15.0 Å². The molecule has 6 nitrogen and oxygen atoms in total. The van der Waals surface area contributed by atoms with E-state index in [-0.39, 0.29) is 13.2 Å². The number of hydrogen-bond donors (Lipinski definition) is 3. The Morgan fingerprint density at radius 1 is 1.53 bits per heavy atom. The van der Waals surface area contributed by atoms with Crippen LogP contribution in [0, 0.1) is 0 Å². The van der Waals surface area contributed by atoms with E-state index in [4.69, 9.17) is 10.8 Å². The van der Waals surface area contributed by atoms with Crippen LogP contribution in [0.4, 0.5) is 0 Å². The fourth-order valence-corrected chi connectivity index (χ4v) is 1.70. The maximum atomic E-state index is 9.35. The molecule has 1 aliphatic rings. The molecule has 15 heavy (non-hydrogen) atoms. The van der Waals surface area contributed by atoms with Crippen LogP contribution in [0.15, 0.2) is 0 Å². The van der Waals surface area contributed by atoms with Crippen LogP contribution in [0.25, 0.3) is 0 Å². The van der Waals surface area contributed by atoms with Gasteiger partial charge in [0.05, 0.1) is 30.6 Å². The molecule has 1 aliphatic carbocycles. The summed E-state index contributed by atoms with van der Waals surface area (Å²) in [6.07, 6.45) is 1.49. The Morgan fingerprint density at radius 2 is 2.27 bits per heavy atom. The van der Waals surface area contributed by atoms with E-state index in [1.807, 2.05) is 0 Å². The molecule has 1 aromatic heterocycles. The lowest BCUT2D eigenvalue weighted by Crippen LogP contribution is -2.22. The second-order valence-corrected chi connectivity index (χ2v) is 3.92. The number of nitrogens with zero attached hydrogens (tertiary/aromatic N) is 3. The van der Waals surface area contributed by atoms with E-state index in [1.54, 1.807) is 4.68 Å². The van der Waals surface area contributed by atoms with Crippen LogP contribution >= 0.6 is 0 Å². The van der Waals surface area contributed by atoms with Crippen molar-refractivity contribution >= 4 is 0 Å². The van der Waals surface area contributed by atoms with Gasteiger partial charge >= 0.3 is 0 Å². The molecule has 1 fully saturated rings. The molecule has 0 spiro atoms. The lowest BCUT2D eigenvalue weighted by Gasteiger charge is -2.09. The highest BCUT2D eigenvalue weighted by Crippen LogP contribution is 2.41. The molecule has 0 saturated heterocycles. The quantitative estimate of drug-likeness (QED) is 0.579. The highest BCUT2D eigenvalue weighted by molar-refractivity contribution is 5.20. The first-order valence-electron chi connectivity index (χ1n) is 5.17. The Labute approximate surface area is 87.7 Å². The van der Waals surface area contributed by atoms with Gasteiger partial charge in [-0.2, -0.15) is 0 Å². The van der Waals surface area contributed by atoms with Gasteiger partial charge in [-0.3, -0.25) is 0 Å². The molecule has 6 heteroatoms. The zero-order valence-corrected chi connectivity index (χ0v) is 8.50. The van der Waals surface area contributed by atoms with Crippen molar-refractivity contribution in [2.45, 2.75) is 38.0 Å². The van der Waals surface area contributed by atoms with E-state index in [0.29, 0.717) is 12.5 Å². The Hall–Kier alpha value is -0.980. The summed E-state index contributed by atoms with van der Waals surface area (Å²) in [7, 11) is 0. The summed E-state index contributed by atoms with van der Waals surface area (Å²) in [5.74, 6) is 0.490. The zero-order chi connectivity index (χ0) is 10.8. The first-order chi connectivity index (χ1) is 7.26. The second kappa shape index (κ2) is 4.26. The van der Waals surface area contributed by atoms with E-state index in [2.05, 4.69) is 10.3 Å². The largest absolute Gasteiger partial charge is 0.394 e. The number of aliphatic hydroxyl groups is 2. The second-order valence-electron chi connectivity index (χ2n) is 3.92. The Kier molecular flexibility index (Phi) is 2.99. The summed E-state index contributed by atoms with van der Waals surface area (Å²) >= 11 is 0.